The average Bonchev–Trinajstić information content (AvgIpc) is 2.47. The maximum atomic E-state index is 5.63. The smallest absolute Gasteiger partial charge is 0.109 e. The lowest BCUT2D eigenvalue weighted by Gasteiger charge is -2.09. The summed E-state index contributed by atoms with van der Waals surface area (Å²) in [6.07, 6.45) is 1.87. The summed E-state index contributed by atoms with van der Waals surface area (Å²) in [4.78, 5) is 0. The molecular formula is C9H14N2O. The van der Waals surface area contributed by atoms with Gasteiger partial charge in [-0.05, 0) is 12.6 Å². The summed E-state index contributed by atoms with van der Waals surface area (Å²) < 4.78 is 5.63. The number of fused-ring (bicyclic) bond motifs is 1. The van der Waals surface area contributed by atoms with Gasteiger partial charge in [-0.3, -0.25) is 0 Å². The second-order valence-corrected chi connectivity index (χ2v) is 3.13. The molecule has 2 rings (SSSR count). The maximum absolute atomic E-state index is 5.63. The third kappa shape index (κ3) is 1.38. The van der Waals surface area contributed by atoms with Crippen molar-refractivity contribution >= 4 is 0 Å². The van der Waals surface area contributed by atoms with Gasteiger partial charge >= 0.3 is 0 Å². The number of nitrogens with one attached hydrogen (secondary N) is 1. The fourth-order valence-electron chi connectivity index (χ4n) is 1.58. The molecule has 12 heavy (non-hydrogen) atoms. The number of rotatable bonds is 2. The molecule has 66 valence electrons. The molecule has 1 aromatic heterocycles. The van der Waals surface area contributed by atoms with Crippen molar-refractivity contribution in [1.29, 1.82) is 0 Å². The number of hydrogen-bond acceptors (Lipinski definition) is 3. The monoisotopic (exact) mass is 166 g/mol. The highest BCUT2D eigenvalue weighted by Gasteiger charge is 2.13. The van der Waals surface area contributed by atoms with Crippen molar-refractivity contribution in [3.05, 3.63) is 23.2 Å². The van der Waals surface area contributed by atoms with Crippen LogP contribution in [0.25, 0.3) is 0 Å². The van der Waals surface area contributed by atoms with Crippen molar-refractivity contribution < 1.29 is 4.42 Å². The van der Waals surface area contributed by atoms with E-state index in [2.05, 4.69) is 11.4 Å². The van der Waals surface area contributed by atoms with Gasteiger partial charge in [-0.2, -0.15) is 0 Å². The lowest BCUT2D eigenvalue weighted by atomic mass is 10.1. The number of furan rings is 1. The van der Waals surface area contributed by atoms with Gasteiger partial charge in [-0.15, -0.1) is 0 Å². The normalized spacial score (nSPS) is 16.1. The average molecular weight is 166 g/mol. The topological polar surface area (TPSA) is 51.2 Å². The highest BCUT2D eigenvalue weighted by molar-refractivity contribution is 5.24. The zero-order valence-electron chi connectivity index (χ0n) is 7.10. The summed E-state index contributed by atoms with van der Waals surface area (Å²) in [6.45, 7) is 2.64. The van der Waals surface area contributed by atoms with Gasteiger partial charge in [0.05, 0.1) is 0 Å². The molecule has 0 fully saturated rings. The molecule has 0 aromatic carbocycles. The lowest BCUT2D eigenvalue weighted by Crippen LogP contribution is -2.22. The van der Waals surface area contributed by atoms with Crippen LogP contribution in [0.2, 0.25) is 0 Å². The molecule has 3 heteroatoms. The van der Waals surface area contributed by atoms with Crippen LogP contribution >= 0.6 is 0 Å². The van der Waals surface area contributed by atoms with Crippen molar-refractivity contribution in [3.8, 4) is 0 Å². The molecule has 0 saturated carbocycles. The molecule has 1 aliphatic heterocycles. The van der Waals surface area contributed by atoms with E-state index in [1.54, 1.807) is 0 Å². The maximum Gasteiger partial charge on any atom is 0.109 e. The van der Waals surface area contributed by atoms with Crippen LogP contribution in [0, 0.1) is 0 Å². The molecule has 0 amide bonds. The van der Waals surface area contributed by atoms with Crippen LogP contribution in [0.1, 0.15) is 17.1 Å². The Bertz CT molecular complexity index is 244. The molecule has 0 saturated heterocycles. The zero-order chi connectivity index (χ0) is 8.39. The van der Waals surface area contributed by atoms with Gasteiger partial charge in [0.15, 0.2) is 0 Å². The van der Waals surface area contributed by atoms with Crippen molar-refractivity contribution in [2.75, 3.05) is 13.1 Å². The summed E-state index contributed by atoms with van der Waals surface area (Å²) in [5.74, 6) is 2.18. The van der Waals surface area contributed by atoms with Gasteiger partial charge in [-0.25, -0.2) is 0 Å². The van der Waals surface area contributed by atoms with Crippen molar-refractivity contribution in [3.63, 3.8) is 0 Å². The highest BCUT2D eigenvalue weighted by atomic mass is 16.3. The van der Waals surface area contributed by atoms with Crippen LogP contribution in [0.15, 0.2) is 10.5 Å². The third-order valence-electron chi connectivity index (χ3n) is 2.18. The summed E-state index contributed by atoms with van der Waals surface area (Å²) in [5.41, 5.74) is 6.75. The Morgan fingerprint density at radius 3 is 3.25 bits per heavy atom. The van der Waals surface area contributed by atoms with Crippen LogP contribution < -0.4 is 11.1 Å². The minimum Gasteiger partial charge on any atom is -0.466 e. The van der Waals surface area contributed by atoms with E-state index in [4.69, 9.17) is 10.2 Å². The minimum atomic E-state index is 0.666. The first-order valence-electron chi connectivity index (χ1n) is 4.41. The van der Waals surface area contributed by atoms with Crippen molar-refractivity contribution in [2.24, 2.45) is 5.73 Å². The van der Waals surface area contributed by atoms with E-state index >= 15 is 0 Å². The van der Waals surface area contributed by atoms with Crippen LogP contribution in [0.3, 0.4) is 0 Å². The first kappa shape index (κ1) is 7.83. The molecule has 0 atom stereocenters. The molecule has 0 radical (unpaired) electrons. The second kappa shape index (κ2) is 3.29. The Morgan fingerprint density at radius 1 is 1.58 bits per heavy atom. The molecule has 1 aromatic rings. The van der Waals surface area contributed by atoms with Gasteiger partial charge < -0.3 is 15.5 Å². The van der Waals surface area contributed by atoms with Crippen LogP contribution in [-0.2, 0) is 19.4 Å². The first-order valence-corrected chi connectivity index (χ1v) is 4.41. The van der Waals surface area contributed by atoms with Gasteiger partial charge in [-0.1, -0.05) is 0 Å². The third-order valence-corrected chi connectivity index (χ3v) is 2.18. The van der Waals surface area contributed by atoms with E-state index in [1.165, 1.54) is 5.56 Å². The SMILES string of the molecule is NCCc1cc2c(o1)CCNC2. The summed E-state index contributed by atoms with van der Waals surface area (Å²) in [6, 6.07) is 2.12. The Hall–Kier alpha value is -0.800. The molecule has 0 bridgehead atoms. The lowest BCUT2D eigenvalue weighted by molar-refractivity contribution is 0.443. The number of hydrogen-bond donors (Lipinski definition) is 2. The summed E-state index contributed by atoms with van der Waals surface area (Å²) in [7, 11) is 0. The molecule has 3 N–H and O–H groups in total. The Morgan fingerprint density at radius 2 is 2.50 bits per heavy atom. The molecule has 0 aliphatic carbocycles. The van der Waals surface area contributed by atoms with Gasteiger partial charge in [0.2, 0.25) is 0 Å². The second-order valence-electron chi connectivity index (χ2n) is 3.13. The van der Waals surface area contributed by atoms with Crippen molar-refractivity contribution in [2.45, 2.75) is 19.4 Å². The van der Waals surface area contributed by atoms with Crippen LogP contribution in [0.5, 0.6) is 0 Å². The van der Waals surface area contributed by atoms with Crippen molar-refractivity contribution in [1.82, 2.24) is 5.32 Å². The van der Waals surface area contributed by atoms with Crippen LogP contribution in [0.4, 0.5) is 0 Å². The van der Waals surface area contributed by atoms with E-state index in [9.17, 15) is 0 Å². The molecule has 3 nitrogen and oxygen atoms in total. The zero-order valence-corrected chi connectivity index (χ0v) is 7.10. The predicted octanol–water partition coefficient (Wildman–Crippen LogP) is 0.426. The Labute approximate surface area is 71.9 Å². The van der Waals surface area contributed by atoms with Gasteiger partial charge in [0, 0.05) is 31.5 Å². The van der Waals surface area contributed by atoms with Gasteiger partial charge in [0.25, 0.3) is 0 Å². The summed E-state index contributed by atoms with van der Waals surface area (Å²) >= 11 is 0. The predicted molar refractivity (Wildman–Crippen MR) is 46.9 cm³/mol. The van der Waals surface area contributed by atoms with Crippen LogP contribution in [-0.4, -0.2) is 13.1 Å². The largest absolute Gasteiger partial charge is 0.466 e. The standard InChI is InChI=1S/C9H14N2O/c10-3-1-8-5-7-6-11-4-2-9(7)12-8/h5,11H,1-4,6,10H2. The van der Waals surface area contributed by atoms with E-state index in [-0.39, 0.29) is 0 Å². The highest BCUT2D eigenvalue weighted by Crippen LogP contribution is 2.18. The van der Waals surface area contributed by atoms with E-state index in [1.807, 2.05) is 0 Å². The minimum absolute atomic E-state index is 0.666. The Kier molecular flexibility index (Phi) is 2.15. The summed E-state index contributed by atoms with van der Waals surface area (Å²) in [5, 5.41) is 3.31. The van der Waals surface area contributed by atoms with Gasteiger partial charge in [0.1, 0.15) is 11.5 Å². The molecular weight excluding hydrogens is 152 g/mol. The molecule has 2 heterocycles. The van der Waals surface area contributed by atoms with E-state index < -0.39 is 0 Å². The van der Waals surface area contributed by atoms with E-state index in [0.717, 1.165) is 37.5 Å². The molecule has 1 aliphatic rings. The fraction of sp³-hybridized carbons (Fsp3) is 0.556. The molecule has 0 spiro atoms. The van der Waals surface area contributed by atoms with E-state index in [0.29, 0.717) is 6.54 Å². The molecule has 0 unspecified atom stereocenters. The fourth-order valence-corrected chi connectivity index (χ4v) is 1.58. The quantitative estimate of drug-likeness (QED) is 0.669. The first-order chi connectivity index (χ1) is 5.90. The number of nitrogens with two attached hydrogens (primary N) is 1. The Balaban J connectivity index is 2.20.